The van der Waals surface area contributed by atoms with Crippen LogP contribution in [-0.2, 0) is 7.05 Å². The molecule has 2 aromatic rings. The highest BCUT2D eigenvalue weighted by Crippen LogP contribution is 2.58. The van der Waals surface area contributed by atoms with Crippen LogP contribution in [0.2, 0.25) is 0 Å². The lowest BCUT2D eigenvalue weighted by atomic mass is 9.60. The van der Waals surface area contributed by atoms with Gasteiger partial charge >= 0.3 is 0 Å². The number of rotatable bonds is 3. The molecule has 2 saturated heterocycles. The lowest BCUT2D eigenvalue weighted by Gasteiger charge is -2.63. The number of carbonyl (C=O) groups excluding carboxylic acids is 1. The van der Waals surface area contributed by atoms with Gasteiger partial charge in [0.25, 0.3) is 5.91 Å². The first kappa shape index (κ1) is 18.9. The van der Waals surface area contributed by atoms with Crippen LogP contribution in [0.5, 0.6) is 0 Å². The number of aryl methyl sites for hydroxylation is 1. The maximum Gasteiger partial charge on any atom is 0.274 e. The van der Waals surface area contributed by atoms with Gasteiger partial charge < -0.3 is 9.47 Å². The Morgan fingerprint density at radius 3 is 2.45 bits per heavy atom. The van der Waals surface area contributed by atoms with Gasteiger partial charge in [0.15, 0.2) is 0 Å². The van der Waals surface area contributed by atoms with E-state index in [-0.39, 0.29) is 5.91 Å². The summed E-state index contributed by atoms with van der Waals surface area (Å²) in [7, 11) is 1.91. The van der Waals surface area contributed by atoms with Gasteiger partial charge in [-0.25, -0.2) is 4.98 Å². The fraction of sp³-hybridized carbons (Fsp3) is 0.583. The average molecular weight is 393 g/mol. The first-order valence-corrected chi connectivity index (χ1v) is 11.2. The van der Waals surface area contributed by atoms with Crippen LogP contribution in [0.25, 0.3) is 0 Å². The number of nitrogens with zero attached hydrogens (tertiary/aromatic N) is 4. The summed E-state index contributed by atoms with van der Waals surface area (Å²) < 4.78 is 1.84. The van der Waals surface area contributed by atoms with Crippen LogP contribution in [0.15, 0.2) is 42.9 Å². The molecule has 5 nitrogen and oxygen atoms in total. The third-order valence-corrected chi connectivity index (χ3v) is 7.52. The van der Waals surface area contributed by atoms with Crippen molar-refractivity contribution in [2.45, 2.75) is 57.0 Å². The van der Waals surface area contributed by atoms with Crippen molar-refractivity contribution < 1.29 is 4.79 Å². The third-order valence-electron chi connectivity index (χ3n) is 7.52. The average Bonchev–Trinajstić information content (AvgIpc) is 3.19. The minimum absolute atomic E-state index is 0.0796. The van der Waals surface area contributed by atoms with Gasteiger partial charge in [0.05, 0.1) is 6.33 Å². The number of piperidine rings is 1. The molecule has 1 aromatic carbocycles. The van der Waals surface area contributed by atoms with E-state index in [1.807, 2.05) is 22.7 Å². The number of hydrogen-bond acceptors (Lipinski definition) is 3. The Bertz CT molecular complexity index is 847. The Balaban J connectivity index is 1.28. The molecule has 0 radical (unpaired) electrons. The molecule has 2 aliphatic heterocycles. The van der Waals surface area contributed by atoms with E-state index >= 15 is 0 Å². The number of hydrogen-bond donors (Lipinski definition) is 0. The molecule has 1 atom stereocenters. The van der Waals surface area contributed by atoms with E-state index < -0.39 is 0 Å². The molecule has 1 spiro atoms. The zero-order valence-electron chi connectivity index (χ0n) is 17.5. The summed E-state index contributed by atoms with van der Waals surface area (Å²) in [6.45, 7) is 2.92. The zero-order valence-corrected chi connectivity index (χ0v) is 17.5. The molecule has 1 amide bonds. The summed E-state index contributed by atoms with van der Waals surface area (Å²) in [5.41, 5.74) is 2.55. The van der Waals surface area contributed by atoms with Gasteiger partial charge in [-0.3, -0.25) is 9.69 Å². The second-order valence-electron chi connectivity index (χ2n) is 9.36. The molecule has 5 heteroatoms. The second kappa shape index (κ2) is 7.60. The Hall–Kier alpha value is -2.14. The van der Waals surface area contributed by atoms with Crippen molar-refractivity contribution in [1.82, 2.24) is 19.4 Å². The van der Waals surface area contributed by atoms with Gasteiger partial charge in [0.2, 0.25) is 0 Å². The first-order valence-electron chi connectivity index (χ1n) is 11.2. The van der Waals surface area contributed by atoms with Crippen molar-refractivity contribution in [2.24, 2.45) is 12.5 Å². The Morgan fingerprint density at radius 1 is 1.07 bits per heavy atom. The summed E-state index contributed by atoms with van der Waals surface area (Å²) in [4.78, 5) is 21.7. The number of likely N-dealkylation sites (tertiary alicyclic amines) is 2. The van der Waals surface area contributed by atoms with Crippen LogP contribution >= 0.6 is 0 Å². The van der Waals surface area contributed by atoms with Crippen molar-refractivity contribution in [3.05, 3.63) is 54.1 Å². The minimum Gasteiger partial charge on any atom is -0.340 e. The molecule has 0 N–H and O–H groups in total. The van der Waals surface area contributed by atoms with E-state index in [0.717, 1.165) is 25.9 Å². The predicted octanol–water partition coefficient (Wildman–Crippen LogP) is 4.03. The van der Waals surface area contributed by atoms with Gasteiger partial charge in [-0.2, -0.15) is 0 Å². The topological polar surface area (TPSA) is 41.4 Å². The van der Waals surface area contributed by atoms with Crippen LogP contribution in [0.3, 0.4) is 0 Å². The van der Waals surface area contributed by atoms with E-state index in [0.29, 0.717) is 23.2 Å². The summed E-state index contributed by atoms with van der Waals surface area (Å²) in [6.07, 6.45) is 12.6. The Labute approximate surface area is 173 Å². The Kier molecular flexibility index (Phi) is 4.94. The number of imidazole rings is 1. The number of aromatic nitrogens is 2. The van der Waals surface area contributed by atoms with Gasteiger partial charge in [-0.1, -0.05) is 49.6 Å². The molecule has 1 saturated carbocycles. The second-order valence-corrected chi connectivity index (χ2v) is 9.36. The van der Waals surface area contributed by atoms with Crippen molar-refractivity contribution in [3.8, 4) is 0 Å². The van der Waals surface area contributed by atoms with Crippen molar-refractivity contribution in [3.63, 3.8) is 0 Å². The lowest BCUT2D eigenvalue weighted by Crippen LogP contribution is -2.63. The molecule has 3 fully saturated rings. The lowest BCUT2D eigenvalue weighted by molar-refractivity contribution is -0.132. The fourth-order valence-corrected chi connectivity index (χ4v) is 6.07. The van der Waals surface area contributed by atoms with Crippen LogP contribution in [0.4, 0.5) is 0 Å². The number of amides is 1. The van der Waals surface area contributed by atoms with Crippen molar-refractivity contribution >= 4 is 5.91 Å². The van der Waals surface area contributed by atoms with Crippen LogP contribution in [0, 0.1) is 5.41 Å². The van der Waals surface area contributed by atoms with Gasteiger partial charge in [-0.15, -0.1) is 0 Å². The third kappa shape index (κ3) is 3.39. The van der Waals surface area contributed by atoms with Crippen LogP contribution in [0.1, 0.15) is 67.0 Å². The number of benzene rings is 1. The normalized spacial score (nSPS) is 25.1. The molecule has 154 valence electrons. The maximum atomic E-state index is 12.7. The first-order chi connectivity index (χ1) is 14.2. The van der Waals surface area contributed by atoms with Crippen molar-refractivity contribution in [2.75, 3.05) is 19.6 Å². The molecule has 5 rings (SSSR count). The fourth-order valence-electron chi connectivity index (χ4n) is 6.07. The molecule has 1 aliphatic carbocycles. The highest BCUT2D eigenvalue weighted by Gasteiger charge is 2.54. The SMILES string of the molecule is Cn1cnc(C(=O)N2CCC(N3CC4(CCCCC4)C3c3ccccc3)CC2)c1. The summed E-state index contributed by atoms with van der Waals surface area (Å²) in [5.74, 6) is 0.0796. The Morgan fingerprint density at radius 2 is 1.79 bits per heavy atom. The van der Waals surface area contributed by atoms with Gasteiger partial charge in [0.1, 0.15) is 5.69 Å². The largest absolute Gasteiger partial charge is 0.340 e. The predicted molar refractivity (Wildman–Crippen MR) is 114 cm³/mol. The van der Waals surface area contributed by atoms with Crippen LogP contribution < -0.4 is 0 Å². The van der Waals surface area contributed by atoms with Crippen molar-refractivity contribution in [1.29, 1.82) is 0 Å². The van der Waals surface area contributed by atoms with E-state index in [1.165, 1.54) is 44.2 Å². The monoisotopic (exact) mass is 392 g/mol. The minimum atomic E-state index is 0.0796. The van der Waals surface area contributed by atoms with Gasteiger partial charge in [-0.05, 0) is 31.2 Å². The summed E-state index contributed by atoms with van der Waals surface area (Å²) in [6, 6.07) is 12.3. The molecular weight excluding hydrogens is 360 g/mol. The van der Waals surface area contributed by atoms with Gasteiger partial charge in [0, 0.05) is 50.4 Å². The zero-order chi connectivity index (χ0) is 19.8. The summed E-state index contributed by atoms with van der Waals surface area (Å²) in [5, 5.41) is 0. The molecule has 29 heavy (non-hydrogen) atoms. The smallest absolute Gasteiger partial charge is 0.274 e. The molecule has 3 aliphatic rings. The molecule has 0 bridgehead atoms. The molecular formula is C24H32N4O. The quantitative estimate of drug-likeness (QED) is 0.792. The molecule has 1 unspecified atom stereocenters. The van der Waals surface area contributed by atoms with E-state index in [2.05, 4.69) is 40.2 Å². The standard InChI is InChI=1S/C24H32N4O/c1-26-16-21(25-18-26)23(29)27-14-10-20(11-15-27)28-17-24(12-6-3-7-13-24)22(28)19-8-4-2-5-9-19/h2,4-5,8-9,16,18,20,22H,3,6-7,10-15,17H2,1H3. The van der Waals surface area contributed by atoms with E-state index in [4.69, 9.17) is 0 Å². The summed E-state index contributed by atoms with van der Waals surface area (Å²) >= 11 is 0. The molecule has 1 aromatic heterocycles. The van der Waals surface area contributed by atoms with E-state index in [9.17, 15) is 4.79 Å². The van der Waals surface area contributed by atoms with E-state index in [1.54, 1.807) is 6.33 Å². The highest BCUT2D eigenvalue weighted by atomic mass is 16.2. The van der Waals surface area contributed by atoms with Crippen LogP contribution in [-0.4, -0.2) is 50.9 Å². The highest BCUT2D eigenvalue weighted by molar-refractivity contribution is 5.92. The number of carbonyl (C=O) groups is 1. The maximum absolute atomic E-state index is 12.7. The molecule has 3 heterocycles.